The number of carbonyl (C=O) groups excluding carboxylic acids is 1. The van der Waals surface area contributed by atoms with Crippen molar-refractivity contribution >= 4 is 5.91 Å². The van der Waals surface area contributed by atoms with Gasteiger partial charge in [-0.15, -0.1) is 0 Å². The van der Waals surface area contributed by atoms with Crippen molar-refractivity contribution in [3.8, 4) is 0 Å². The van der Waals surface area contributed by atoms with Crippen molar-refractivity contribution in [3.63, 3.8) is 0 Å². The van der Waals surface area contributed by atoms with Gasteiger partial charge < -0.3 is 10.2 Å². The van der Waals surface area contributed by atoms with E-state index in [4.69, 9.17) is 0 Å². The molecule has 4 heteroatoms. The molecule has 2 unspecified atom stereocenters. The Hall–Kier alpha value is -1.42. The van der Waals surface area contributed by atoms with Gasteiger partial charge in [0.25, 0.3) is 0 Å². The van der Waals surface area contributed by atoms with E-state index in [1.165, 1.54) is 0 Å². The summed E-state index contributed by atoms with van der Waals surface area (Å²) in [4.78, 5) is 18.7. The highest BCUT2D eigenvalue weighted by Gasteiger charge is 2.33. The number of pyridine rings is 1. The molecule has 0 spiro atoms. The van der Waals surface area contributed by atoms with E-state index in [9.17, 15) is 4.79 Å². The van der Waals surface area contributed by atoms with Gasteiger partial charge in [-0.2, -0.15) is 0 Å². The molecule has 1 fully saturated rings. The Bertz CT molecular complexity index is 419. The second kappa shape index (κ2) is 6.15. The lowest BCUT2D eigenvalue weighted by Gasteiger charge is -2.30. The van der Waals surface area contributed by atoms with Gasteiger partial charge in [0.05, 0.1) is 5.92 Å². The van der Waals surface area contributed by atoms with Crippen molar-refractivity contribution in [1.29, 1.82) is 0 Å². The zero-order valence-corrected chi connectivity index (χ0v) is 12.0. The third-order valence-electron chi connectivity index (χ3n) is 3.82. The molecule has 1 aromatic rings. The van der Waals surface area contributed by atoms with Crippen molar-refractivity contribution in [1.82, 2.24) is 15.2 Å². The van der Waals surface area contributed by atoms with Gasteiger partial charge in [0.1, 0.15) is 0 Å². The molecule has 1 saturated heterocycles. The topological polar surface area (TPSA) is 45.2 Å². The van der Waals surface area contributed by atoms with Crippen molar-refractivity contribution in [2.24, 2.45) is 11.8 Å². The van der Waals surface area contributed by atoms with Crippen LogP contribution in [-0.4, -0.2) is 34.9 Å². The van der Waals surface area contributed by atoms with E-state index in [1.807, 2.05) is 23.2 Å². The zero-order valence-electron chi connectivity index (χ0n) is 12.0. The summed E-state index contributed by atoms with van der Waals surface area (Å²) in [7, 11) is 0. The largest absolute Gasteiger partial charge is 0.336 e. The van der Waals surface area contributed by atoms with Gasteiger partial charge in [-0.3, -0.25) is 9.78 Å². The van der Waals surface area contributed by atoms with Crippen LogP contribution in [0.3, 0.4) is 0 Å². The lowest BCUT2D eigenvalue weighted by atomic mass is 9.96. The van der Waals surface area contributed by atoms with E-state index in [1.54, 1.807) is 6.20 Å². The van der Waals surface area contributed by atoms with Crippen molar-refractivity contribution in [2.45, 2.75) is 33.4 Å². The summed E-state index contributed by atoms with van der Waals surface area (Å²) < 4.78 is 0. The number of hydrogen-bond donors (Lipinski definition) is 1. The highest BCUT2D eigenvalue weighted by molar-refractivity contribution is 5.80. The van der Waals surface area contributed by atoms with E-state index in [0.29, 0.717) is 12.5 Å². The second-order valence-corrected chi connectivity index (χ2v) is 5.66. The number of nitrogens with one attached hydrogen (secondary N) is 1. The first kappa shape index (κ1) is 14.0. The van der Waals surface area contributed by atoms with E-state index >= 15 is 0 Å². The van der Waals surface area contributed by atoms with E-state index in [-0.39, 0.29) is 17.9 Å². The Balaban J connectivity index is 2.09. The number of carbonyl (C=O) groups is 1. The summed E-state index contributed by atoms with van der Waals surface area (Å²) in [5.41, 5.74) is 1.09. The predicted molar refractivity (Wildman–Crippen MR) is 75.4 cm³/mol. The fourth-order valence-electron chi connectivity index (χ4n) is 2.56. The van der Waals surface area contributed by atoms with Crippen LogP contribution in [0, 0.1) is 11.8 Å². The molecule has 2 rings (SSSR count). The second-order valence-electron chi connectivity index (χ2n) is 5.66. The quantitative estimate of drug-likeness (QED) is 0.897. The predicted octanol–water partition coefficient (Wildman–Crippen LogP) is 1.67. The maximum absolute atomic E-state index is 12.7. The van der Waals surface area contributed by atoms with Gasteiger partial charge in [-0.25, -0.2) is 0 Å². The first-order valence-corrected chi connectivity index (χ1v) is 6.99. The molecule has 1 aromatic heterocycles. The van der Waals surface area contributed by atoms with Crippen LogP contribution in [0.5, 0.6) is 0 Å². The number of rotatable bonds is 4. The molecule has 2 atom stereocenters. The molecule has 1 aliphatic rings. The summed E-state index contributed by atoms with van der Waals surface area (Å²) >= 11 is 0. The molecule has 1 amide bonds. The molecule has 0 aromatic carbocycles. The first-order chi connectivity index (χ1) is 9.09. The molecule has 0 radical (unpaired) electrons. The van der Waals surface area contributed by atoms with Gasteiger partial charge >= 0.3 is 0 Å². The highest BCUT2D eigenvalue weighted by atomic mass is 16.2. The minimum atomic E-state index is 0.110. The van der Waals surface area contributed by atoms with Gasteiger partial charge in [-0.05, 0) is 37.9 Å². The van der Waals surface area contributed by atoms with Gasteiger partial charge in [0.2, 0.25) is 5.91 Å². The first-order valence-electron chi connectivity index (χ1n) is 6.99. The molecular formula is C15H23N3O. The average Bonchev–Trinajstić information content (AvgIpc) is 2.82. The maximum Gasteiger partial charge on any atom is 0.227 e. The van der Waals surface area contributed by atoms with Gasteiger partial charge in [0.15, 0.2) is 0 Å². The molecule has 0 aliphatic carbocycles. The summed E-state index contributed by atoms with van der Waals surface area (Å²) in [6.07, 6.45) is 3.59. The normalized spacial score (nSPS) is 22.7. The number of nitrogens with zero attached hydrogens (tertiary/aromatic N) is 2. The fourth-order valence-corrected chi connectivity index (χ4v) is 2.56. The molecule has 104 valence electrons. The Morgan fingerprint density at radius 3 is 2.84 bits per heavy atom. The molecule has 1 N–H and O–H groups in total. The van der Waals surface area contributed by atoms with Crippen LogP contribution in [0.2, 0.25) is 0 Å². The Labute approximate surface area is 115 Å². The third-order valence-corrected chi connectivity index (χ3v) is 3.82. The molecule has 0 saturated carbocycles. The van der Waals surface area contributed by atoms with Crippen molar-refractivity contribution in [3.05, 3.63) is 30.1 Å². The third kappa shape index (κ3) is 3.32. The SMILES string of the molecule is CC1CNCC1C(=O)N(Cc1cccnc1)C(C)C. The van der Waals surface area contributed by atoms with Crippen LogP contribution >= 0.6 is 0 Å². The van der Waals surface area contributed by atoms with Crippen LogP contribution in [0.25, 0.3) is 0 Å². The van der Waals surface area contributed by atoms with Crippen molar-refractivity contribution in [2.75, 3.05) is 13.1 Å². The van der Waals surface area contributed by atoms with E-state index in [2.05, 4.69) is 31.1 Å². The highest BCUT2D eigenvalue weighted by Crippen LogP contribution is 2.21. The minimum Gasteiger partial charge on any atom is -0.336 e. The number of amides is 1. The number of aromatic nitrogens is 1. The molecular weight excluding hydrogens is 238 g/mol. The van der Waals surface area contributed by atoms with Crippen LogP contribution in [0.15, 0.2) is 24.5 Å². The lowest BCUT2D eigenvalue weighted by Crippen LogP contribution is -2.42. The molecule has 4 nitrogen and oxygen atoms in total. The molecule has 2 heterocycles. The summed E-state index contributed by atoms with van der Waals surface area (Å²) in [5, 5.41) is 3.30. The Kier molecular flexibility index (Phi) is 4.53. The van der Waals surface area contributed by atoms with E-state index < -0.39 is 0 Å². The van der Waals surface area contributed by atoms with Crippen LogP contribution in [0.4, 0.5) is 0 Å². The summed E-state index contributed by atoms with van der Waals surface area (Å²) in [6.45, 7) is 8.67. The Morgan fingerprint density at radius 2 is 2.32 bits per heavy atom. The smallest absolute Gasteiger partial charge is 0.227 e. The summed E-state index contributed by atoms with van der Waals surface area (Å²) in [5.74, 6) is 0.790. The number of hydrogen-bond acceptors (Lipinski definition) is 3. The lowest BCUT2D eigenvalue weighted by molar-refractivity contribution is -0.138. The van der Waals surface area contributed by atoms with Gasteiger partial charge in [0, 0.05) is 31.5 Å². The van der Waals surface area contributed by atoms with Crippen LogP contribution in [-0.2, 0) is 11.3 Å². The molecule has 19 heavy (non-hydrogen) atoms. The standard InChI is InChI=1S/C15H23N3O/c1-11(2)18(10-13-5-4-6-16-8-13)15(19)14-9-17-7-12(14)3/h4-6,8,11-12,14,17H,7,9-10H2,1-3H3. The molecule has 0 bridgehead atoms. The van der Waals surface area contributed by atoms with Gasteiger partial charge in [-0.1, -0.05) is 13.0 Å². The Morgan fingerprint density at radius 1 is 1.53 bits per heavy atom. The monoisotopic (exact) mass is 261 g/mol. The summed E-state index contributed by atoms with van der Waals surface area (Å²) in [6, 6.07) is 4.14. The van der Waals surface area contributed by atoms with E-state index in [0.717, 1.165) is 18.7 Å². The van der Waals surface area contributed by atoms with Crippen LogP contribution in [0.1, 0.15) is 26.3 Å². The van der Waals surface area contributed by atoms with Crippen LogP contribution < -0.4 is 5.32 Å². The maximum atomic E-state index is 12.7. The molecule has 1 aliphatic heterocycles. The minimum absolute atomic E-state index is 0.110. The average molecular weight is 261 g/mol. The fraction of sp³-hybridized carbons (Fsp3) is 0.600. The zero-order chi connectivity index (χ0) is 13.8. The van der Waals surface area contributed by atoms with Crippen molar-refractivity contribution < 1.29 is 4.79 Å².